The van der Waals surface area contributed by atoms with Gasteiger partial charge >= 0.3 is 6.03 Å². The molecule has 0 unspecified atom stereocenters. The van der Waals surface area contributed by atoms with Gasteiger partial charge in [-0.3, -0.25) is 4.79 Å². The van der Waals surface area contributed by atoms with E-state index in [-0.39, 0.29) is 11.7 Å². The summed E-state index contributed by atoms with van der Waals surface area (Å²) < 4.78 is 13.6. The Kier molecular flexibility index (Phi) is 5.21. The summed E-state index contributed by atoms with van der Waals surface area (Å²) in [4.78, 5) is 28.2. The molecular weight excluding hydrogens is 333 g/mol. The number of likely N-dealkylation sites (N-methyl/N-ethyl adjacent to an activating group) is 1. The van der Waals surface area contributed by atoms with Gasteiger partial charge in [0.2, 0.25) is 5.91 Å². The first-order chi connectivity index (χ1) is 12.5. The maximum absolute atomic E-state index is 13.6. The zero-order chi connectivity index (χ0) is 18.7. The van der Waals surface area contributed by atoms with E-state index in [9.17, 15) is 14.0 Å². The highest BCUT2D eigenvalue weighted by Gasteiger charge is 2.36. The normalized spacial score (nSPS) is 16.7. The van der Waals surface area contributed by atoms with E-state index in [1.54, 1.807) is 31.0 Å². The fraction of sp³-hybridized carbons (Fsp3) is 0.300. The minimum Gasteiger partial charge on any atom is -0.336 e. The lowest BCUT2D eigenvalue weighted by Crippen LogP contribution is -2.44. The second kappa shape index (κ2) is 7.56. The molecule has 3 rings (SSSR count). The van der Waals surface area contributed by atoms with E-state index < -0.39 is 12.1 Å². The molecule has 6 heteroatoms. The van der Waals surface area contributed by atoms with Crippen LogP contribution in [0.2, 0.25) is 0 Å². The average Bonchev–Trinajstić information content (AvgIpc) is 2.99. The number of nitrogens with zero attached hydrogens (tertiary/aromatic N) is 2. The van der Waals surface area contributed by atoms with Gasteiger partial charge in [0.15, 0.2) is 0 Å². The summed E-state index contributed by atoms with van der Waals surface area (Å²) in [5.41, 5.74) is 1.94. The molecule has 0 bridgehead atoms. The Morgan fingerprint density at radius 2 is 2.00 bits per heavy atom. The van der Waals surface area contributed by atoms with E-state index in [1.165, 1.54) is 11.0 Å². The molecule has 1 N–H and O–H groups in total. The van der Waals surface area contributed by atoms with Gasteiger partial charge in [0.1, 0.15) is 11.9 Å². The molecule has 2 aromatic carbocycles. The molecule has 0 aliphatic carbocycles. The molecule has 136 valence electrons. The molecule has 1 aliphatic heterocycles. The van der Waals surface area contributed by atoms with E-state index >= 15 is 0 Å². The van der Waals surface area contributed by atoms with Crippen LogP contribution >= 0.6 is 0 Å². The summed E-state index contributed by atoms with van der Waals surface area (Å²) >= 11 is 0. The number of rotatable bonds is 4. The zero-order valence-electron chi connectivity index (χ0n) is 14.9. The van der Waals surface area contributed by atoms with Crippen LogP contribution in [0.15, 0.2) is 48.5 Å². The van der Waals surface area contributed by atoms with Crippen LogP contribution in [-0.2, 0) is 11.3 Å². The van der Waals surface area contributed by atoms with Crippen molar-refractivity contribution in [3.63, 3.8) is 0 Å². The number of benzene rings is 2. The molecule has 0 saturated carbocycles. The highest BCUT2D eigenvalue weighted by Crippen LogP contribution is 2.20. The van der Waals surface area contributed by atoms with Crippen molar-refractivity contribution < 1.29 is 14.0 Å². The van der Waals surface area contributed by atoms with Crippen LogP contribution in [-0.4, -0.2) is 41.4 Å². The first-order valence-electron chi connectivity index (χ1n) is 8.58. The summed E-state index contributed by atoms with van der Waals surface area (Å²) in [5.74, 6) is -0.446. The molecule has 26 heavy (non-hydrogen) atoms. The first kappa shape index (κ1) is 17.9. The van der Waals surface area contributed by atoms with Crippen LogP contribution in [0, 0.1) is 12.7 Å². The van der Waals surface area contributed by atoms with Crippen LogP contribution in [0.25, 0.3) is 0 Å². The zero-order valence-corrected chi connectivity index (χ0v) is 14.9. The number of anilines is 1. The number of aryl methyl sites for hydroxylation is 1. The van der Waals surface area contributed by atoms with Crippen LogP contribution in [0.4, 0.5) is 14.9 Å². The van der Waals surface area contributed by atoms with Gasteiger partial charge in [0, 0.05) is 25.8 Å². The van der Waals surface area contributed by atoms with Gasteiger partial charge in [-0.25, -0.2) is 9.18 Å². The lowest BCUT2D eigenvalue weighted by molar-refractivity contribution is -0.131. The number of likely N-dealkylation sites (tertiary alicyclic amines) is 1. The average molecular weight is 355 g/mol. The van der Waals surface area contributed by atoms with E-state index in [1.807, 2.05) is 30.3 Å². The van der Waals surface area contributed by atoms with Crippen molar-refractivity contribution in [3.05, 3.63) is 65.5 Å². The Morgan fingerprint density at radius 3 is 2.69 bits per heavy atom. The quantitative estimate of drug-likeness (QED) is 0.914. The largest absolute Gasteiger partial charge is 0.336 e. The Morgan fingerprint density at radius 1 is 1.27 bits per heavy atom. The van der Waals surface area contributed by atoms with Crippen LogP contribution in [0.3, 0.4) is 0 Å². The Balaban J connectivity index is 1.62. The smallest absolute Gasteiger partial charge is 0.322 e. The van der Waals surface area contributed by atoms with Crippen molar-refractivity contribution in [2.45, 2.75) is 25.9 Å². The molecule has 0 spiro atoms. The Bertz CT molecular complexity index is 810. The fourth-order valence-electron chi connectivity index (χ4n) is 3.07. The van der Waals surface area contributed by atoms with E-state index in [2.05, 4.69) is 5.32 Å². The van der Waals surface area contributed by atoms with Crippen molar-refractivity contribution in [2.24, 2.45) is 0 Å². The summed E-state index contributed by atoms with van der Waals surface area (Å²) in [6.45, 7) is 2.80. The minimum absolute atomic E-state index is 0.0680. The molecule has 0 radical (unpaired) electrons. The predicted molar refractivity (Wildman–Crippen MR) is 98.2 cm³/mol. The molecule has 5 nitrogen and oxygen atoms in total. The Hall–Kier alpha value is -2.89. The maximum Gasteiger partial charge on any atom is 0.322 e. The third-order valence-electron chi connectivity index (χ3n) is 4.70. The van der Waals surface area contributed by atoms with Gasteiger partial charge in [-0.05, 0) is 36.6 Å². The van der Waals surface area contributed by atoms with Crippen molar-refractivity contribution in [1.29, 1.82) is 0 Å². The monoisotopic (exact) mass is 355 g/mol. The topological polar surface area (TPSA) is 52.7 Å². The van der Waals surface area contributed by atoms with E-state index in [0.717, 1.165) is 5.56 Å². The standard InChI is InChI=1S/C20H22FN3O2/c1-14-8-9-16(12-17(14)21)22-20(26)23(2)18-10-11-24(19(18)25)13-15-6-4-3-5-7-15/h3-9,12,18H,10-11,13H2,1-2H3,(H,22,26)/t18-/m0/s1. The molecule has 3 amide bonds. The van der Waals surface area contributed by atoms with Gasteiger partial charge in [-0.15, -0.1) is 0 Å². The number of halogens is 1. The van der Waals surface area contributed by atoms with Gasteiger partial charge in [-0.2, -0.15) is 0 Å². The number of nitrogens with one attached hydrogen (secondary N) is 1. The number of urea groups is 1. The number of carbonyl (C=O) groups excluding carboxylic acids is 2. The fourth-order valence-corrected chi connectivity index (χ4v) is 3.07. The van der Waals surface area contributed by atoms with Gasteiger partial charge in [0.05, 0.1) is 0 Å². The van der Waals surface area contributed by atoms with Gasteiger partial charge in [0.25, 0.3) is 0 Å². The van der Waals surface area contributed by atoms with Gasteiger partial charge in [-0.1, -0.05) is 36.4 Å². The highest BCUT2D eigenvalue weighted by molar-refractivity contribution is 5.94. The number of hydrogen-bond acceptors (Lipinski definition) is 2. The summed E-state index contributed by atoms with van der Waals surface area (Å²) in [6.07, 6.45) is 0.581. The summed E-state index contributed by atoms with van der Waals surface area (Å²) in [6, 6.07) is 13.4. The number of amides is 3. The molecule has 1 heterocycles. The summed E-state index contributed by atoms with van der Waals surface area (Å²) in [5, 5.41) is 2.65. The van der Waals surface area contributed by atoms with Crippen LogP contribution < -0.4 is 5.32 Å². The number of carbonyl (C=O) groups is 2. The third kappa shape index (κ3) is 3.85. The molecule has 2 aromatic rings. The summed E-state index contributed by atoms with van der Waals surface area (Å²) in [7, 11) is 1.59. The molecule has 1 fully saturated rings. The molecular formula is C20H22FN3O2. The maximum atomic E-state index is 13.6. The highest BCUT2D eigenvalue weighted by atomic mass is 19.1. The van der Waals surface area contributed by atoms with Crippen LogP contribution in [0.5, 0.6) is 0 Å². The second-order valence-electron chi connectivity index (χ2n) is 6.55. The van der Waals surface area contributed by atoms with Crippen LogP contribution in [0.1, 0.15) is 17.5 Å². The SMILES string of the molecule is Cc1ccc(NC(=O)N(C)[C@H]2CCN(Cc3ccccc3)C2=O)cc1F. The van der Waals surface area contributed by atoms with Gasteiger partial charge < -0.3 is 15.1 Å². The minimum atomic E-state index is -0.506. The van der Waals surface area contributed by atoms with Crippen molar-refractivity contribution >= 4 is 17.6 Å². The molecule has 1 atom stereocenters. The second-order valence-corrected chi connectivity index (χ2v) is 6.55. The van der Waals surface area contributed by atoms with Crippen molar-refractivity contribution in [1.82, 2.24) is 9.80 Å². The lowest BCUT2D eigenvalue weighted by Gasteiger charge is -2.24. The number of hydrogen-bond donors (Lipinski definition) is 1. The predicted octanol–water partition coefficient (Wildman–Crippen LogP) is 3.40. The molecule has 1 aliphatic rings. The lowest BCUT2D eigenvalue weighted by atomic mass is 10.2. The third-order valence-corrected chi connectivity index (χ3v) is 4.70. The molecule has 1 saturated heterocycles. The molecule has 0 aromatic heterocycles. The first-order valence-corrected chi connectivity index (χ1v) is 8.58. The van der Waals surface area contributed by atoms with Crippen molar-refractivity contribution in [3.8, 4) is 0 Å². The van der Waals surface area contributed by atoms with E-state index in [4.69, 9.17) is 0 Å². The van der Waals surface area contributed by atoms with E-state index in [0.29, 0.717) is 30.8 Å². The Labute approximate surface area is 152 Å². The van der Waals surface area contributed by atoms with Crippen molar-refractivity contribution in [2.75, 3.05) is 18.9 Å².